The molecule has 0 radical (unpaired) electrons. The Morgan fingerprint density at radius 2 is 1.68 bits per heavy atom. The molecule has 0 unspecified atom stereocenters. The molecule has 1 aromatic rings. The molecule has 0 aliphatic rings. The number of rotatable bonds is 9. The van der Waals surface area contributed by atoms with Crippen LogP contribution in [0.2, 0.25) is 0 Å². The second kappa shape index (κ2) is 8.62. The van der Waals surface area contributed by atoms with Crippen molar-refractivity contribution in [1.29, 1.82) is 0 Å². The van der Waals surface area contributed by atoms with Crippen LogP contribution < -0.4 is 15.2 Å². The van der Waals surface area contributed by atoms with Gasteiger partial charge in [0.05, 0.1) is 18.9 Å². The maximum atomic E-state index is 13.6. The molecule has 0 heterocycles. The Balaban J connectivity index is 2.56. The van der Waals surface area contributed by atoms with Crippen molar-refractivity contribution in [2.75, 3.05) is 18.9 Å². The molecule has 19 heavy (non-hydrogen) atoms. The van der Waals surface area contributed by atoms with Gasteiger partial charge in [0.25, 0.3) is 0 Å². The Morgan fingerprint density at radius 3 is 2.37 bits per heavy atom. The van der Waals surface area contributed by atoms with Gasteiger partial charge in [-0.25, -0.2) is 4.39 Å². The van der Waals surface area contributed by atoms with E-state index in [1.807, 2.05) is 6.92 Å². The molecule has 1 rings (SSSR count). The smallest absolute Gasteiger partial charge is 0.167 e. The number of ether oxygens (including phenoxy) is 2. The summed E-state index contributed by atoms with van der Waals surface area (Å²) < 4.78 is 24.5. The Labute approximate surface area is 114 Å². The zero-order chi connectivity index (χ0) is 14.1. The third kappa shape index (κ3) is 5.37. The van der Waals surface area contributed by atoms with Gasteiger partial charge < -0.3 is 15.2 Å². The van der Waals surface area contributed by atoms with Crippen molar-refractivity contribution in [3.8, 4) is 11.5 Å². The van der Waals surface area contributed by atoms with Gasteiger partial charge in [-0.3, -0.25) is 0 Å². The van der Waals surface area contributed by atoms with E-state index in [1.54, 1.807) is 6.07 Å². The lowest BCUT2D eigenvalue weighted by Crippen LogP contribution is -2.03. The van der Waals surface area contributed by atoms with Gasteiger partial charge in [-0.15, -0.1) is 0 Å². The van der Waals surface area contributed by atoms with Crippen LogP contribution in [0.4, 0.5) is 10.1 Å². The molecule has 0 spiro atoms. The van der Waals surface area contributed by atoms with Crippen molar-refractivity contribution in [3.05, 3.63) is 17.9 Å². The van der Waals surface area contributed by atoms with Crippen molar-refractivity contribution >= 4 is 5.69 Å². The van der Waals surface area contributed by atoms with Crippen LogP contribution in [0.15, 0.2) is 12.1 Å². The van der Waals surface area contributed by atoms with Gasteiger partial charge in [-0.05, 0) is 12.8 Å². The largest absolute Gasteiger partial charge is 0.491 e. The lowest BCUT2D eigenvalue weighted by Gasteiger charge is -2.12. The lowest BCUT2D eigenvalue weighted by atomic mass is 10.2. The summed E-state index contributed by atoms with van der Waals surface area (Å²) in [6.07, 6.45) is 5.34. The van der Waals surface area contributed by atoms with Crippen LogP contribution in [0.3, 0.4) is 0 Å². The minimum absolute atomic E-state index is 0.208. The van der Waals surface area contributed by atoms with E-state index in [9.17, 15) is 4.39 Å². The number of hydrogen-bond donors (Lipinski definition) is 1. The van der Waals surface area contributed by atoms with E-state index in [0.717, 1.165) is 19.3 Å². The van der Waals surface area contributed by atoms with E-state index in [1.165, 1.54) is 18.9 Å². The number of anilines is 1. The molecule has 0 atom stereocenters. The third-order valence-electron chi connectivity index (χ3n) is 2.78. The van der Waals surface area contributed by atoms with E-state index in [2.05, 4.69) is 6.92 Å². The quantitative estimate of drug-likeness (QED) is 0.541. The fourth-order valence-corrected chi connectivity index (χ4v) is 1.71. The molecule has 0 aliphatic heterocycles. The molecule has 0 aliphatic carbocycles. The molecule has 0 aromatic heterocycles. The second-order valence-electron chi connectivity index (χ2n) is 4.58. The molecule has 1 aromatic carbocycles. The summed E-state index contributed by atoms with van der Waals surface area (Å²) in [7, 11) is 0. The van der Waals surface area contributed by atoms with Crippen molar-refractivity contribution in [1.82, 2.24) is 0 Å². The summed E-state index contributed by atoms with van der Waals surface area (Å²) in [6, 6.07) is 2.80. The van der Waals surface area contributed by atoms with E-state index < -0.39 is 5.82 Å². The first kappa shape index (κ1) is 15.6. The molecular formula is C15H24FNO2. The molecule has 4 heteroatoms. The van der Waals surface area contributed by atoms with Gasteiger partial charge in [-0.2, -0.15) is 0 Å². The molecular weight excluding hydrogens is 245 g/mol. The van der Waals surface area contributed by atoms with E-state index in [0.29, 0.717) is 24.7 Å². The summed E-state index contributed by atoms with van der Waals surface area (Å²) in [6.45, 7) is 5.22. The zero-order valence-electron chi connectivity index (χ0n) is 11.9. The minimum atomic E-state index is -0.440. The molecule has 108 valence electrons. The van der Waals surface area contributed by atoms with Crippen LogP contribution in [0.5, 0.6) is 11.5 Å². The SMILES string of the molecule is CCCCCCOc1cc(OCCC)c(F)cc1N. The van der Waals surface area contributed by atoms with Crippen molar-refractivity contribution in [2.45, 2.75) is 46.0 Å². The maximum Gasteiger partial charge on any atom is 0.167 e. The van der Waals surface area contributed by atoms with Gasteiger partial charge in [0.2, 0.25) is 0 Å². The predicted molar refractivity (Wildman–Crippen MR) is 76.2 cm³/mol. The van der Waals surface area contributed by atoms with Crippen LogP contribution in [0, 0.1) is 5.82 Å². The molecule has 3 nitrogen and oxygen atoms in total. The van der Waals surface area contributed by atoms with Gasteiger partial charge in [-0.1, -0.05) is 33.1 Å². The van der Waals surface area contributed by atoms with Crippen LogP contribution in [-0.4, -0.2) is 13.2 Å². The first-order valence-electron chi connectivity index (χ1n) is 7.03. The molecule has 0 fully saturated rings. The lowest BCUT2D eigenvalue weighted by molar-refractivity contribution is 0.287. The molecule has 2 N–H and O–H groups in total. The van der Waals surface area contributed by atoms with Crippen molar-refractivity contribution in [3.63, 3.8) is 0 Å². The zero-order valence-corrected chi connectivity index (χ0v) is 11.9. The number of nitrogen functional groups attached to an aromatic ring is 1. The topological polar surface area (TPSA) is 44.5 Å². The highest BCUT2D eigenvalue weighted by atomic mass is 19.1. The predicted octanol–water partition coefficient (Wildman–Crippen LogP) is 4.16. The fraction of sp³-hybridized carbons (Fsp3) is 0.600. The minimum Gasteiger partial charge on any atom is -0.491 e. The molecule has 0 bridgehead atoms. The van der Waals surface area contributed by atoms with Gasteiger partial charge in [0.15, 0.2) is 11.6 Å². The van der Waals surface area contributed by atoms with Crippen LogP contribution in [0.1, 0.15) is 46.0 Å². The maximum absolute atomic E-state index is 13.6. The Morgan fingerprint density at radius 1 is 0.947 bits per heavy atom. The Hall–Kier alpha value is -1.45. The average Bonchev–Trinajstić information content (AvgIpc) is 2.39. The average molecular weight is 269 g/mol. The van der Waals surface area contributed by atoms with E-state index in [4.69, 9.17) is 15.2 Å². The highest BCUT2D eigenvalue weighted by Gasteiger charge is 2.10. The van der Waals surface area contributed by atoms with Crippen LogP contribution >= 0.6 is 0 Å². The monoisotopic (exact) mass is 269 g/mol. The summed E-state index contributed by atoms with van der Waals surface area (Å²) in [5.41, 5.74) is 6.06. The first-order chi connectivity index (χ1) is 9.19. The number of nitrogens with two attached hydrogens (primary N) is 1. The van der Waals surface area contributed by atoms with Gasteiger partial charge in [0, 0.05) is 12.1 Å². The van der Waals surface area contributed by atoms with E-state index >= 15 is 0 Å². The number of hydrogen-bond acceptors (Lipinski definition) is 3. The highest BCUT2D eigenvalue weighted by molar-refractivity contribution is 5.56. The van der Waals surface area contributed by atoms with Crippen LogP contribution in [0.25, 0.3) is 0 Å². The van der Waals surface area contributed by atoms with Gasteiger partial charge >= 0.3 is 0 Å². The second-order valence-corrected chi connectivity index (χ2v) is 4.58. The number of benzene rings is 1. The highest BCUT2D eigenvalue weighted by Crippen LogP contribution is 2.30. The standard InChI is InChI=1S/C15H24FNO2/c1-3-5-6-7-9-19-15-11-14(18-8-4-2)12(16)10-13(15)17/h10-11H,3-9,17H2,1-2H3. The fourth-order valence-electron chi connectivity index (χ4n) is 1.71. The first-order valence-corrected chi connectivity index (χ1v) is 7.03. The summed E-state index contributed by atoms with van der Waals surface area (Å²) in [5, 5.41) is 0. The number of halogens is 1. The normalized spacial score (nSPS) is 10.5. The van der Waals surface area contributed by atoms with Crippen molar-refractivity contribution in [2.24, 2.45) is 0 Å². The van der Waals surface area contributed by atoms with Gasteiger partial charge in [0.1, 0.15) is 5.75 Å². The Bertz CT molecular complexity index is 383. The third-order valence-corrected chi connectivity index (χ3v) is 2.78. The summed E-state index contributed by atoms with van der Waals surface area (Å²) >= 11 is 0. The van der Waals surface area contributed by atoms with E-state index in [-0.39, 0.29) is 5.75 Å². The molecule has 0 saturated heterocycles. The number of unbranched alkanes of at least 4 members (excludes halogenated alkanes) is 3. The molecule has 0 saturated carbocycles. The van der Waals surface area contributed by atoms with Crippen LogP contribution in [-0.2, 0) is 0 Å². The Kier molecular flexibility index (Phi) is 7.08. The summed E-state index contributed by atoms with van der Waals surface area (Å²) in [4.78, 5) is 0. The van der Waals surface area contributed by atoms with Crippen molar-refractivity contribution < 1.29 is 13.9 Å². The summed E-state index contributed by atoms with van der Waals surface area (Å²) in [5.74, 6) is 0.271. The molecule has 0 amide bonds.